The van der Waals surface area contributed by atoms with Crippen molar-refractivity contribution in [2.24, 2.45) is 11.1 Å². The minimum absolute atomic E-state index is 0.0259. The van der Waals surface area contributed by atoms with Gasteiger partial charge in [0.05, 0.1) is 17.7 Å². The van der Waals surface area contributed by atoms with Gasteiger partial charge in [0.15, 0.2) is 11.5 Å². The lowest BCUT2D eigenvalue weighted by Crippen LogP contribution is -2.26. The first kappa shape index (κ1) is 13.7. The van der Waals surface area contributed by atoms with Gasteiger partial charge in [0, 0.05) is 5.41 Å². The lowest BCUT2D eigenvalue weighted by atomic mass is 9.97. The Morgan fingerprint density at radius 2 is 2.00 bits per heavy atom. The SMILES string of the molecule is CC(CN)c1cc(Br)c2c(c1)OCC(C)(C)CO2. The van der Waals surface area contributed by atoms with Gasteiger partial charge in [0.2, 0.25) is 0 Å². The molecule has 0 aromatic heterocycles. The molecule has 2 rings (SSSR count). The number of hydrogen-bond donors (Lipinski definition) is 1. The highest BCUT2D eigenvalue weighted by Crippen LogP contribution is 2.41. The first-order chi connectivity index (χ1) is 8.43. The Morgan fingerprint density at radius 3 is 2.67 bits per heavy atom. The lowest BCUT2D eigenvalue weighted by molar-refractivity contribution is 0.140. The Hall–Kier alpha value is -0.740. The minimum atomic E-state index is 0.0259. The lowest BCUT2D eigenvalue weighted by Gasteiger charge is -2.19. The third kappa shape index (κ3) is 2.81. The van der Waals surface area contributed by atoms with Crippen LogP contribution in [-0.4, -0.2) is 19.8 Å². The van der Waals surface area contributed by atoms with Gasteiger partial charge in [-0.25, -0.2) is 0 Å². The second-order valence-corrected chi connectivity index (χ2v) is 6.56. The van der Waals surface area contributed by atoms with Crippen molar-refractivity contribution in [3.8, 4) is 11.5 Å². The topological polar surface area (TPSA) is 44.5 Å². The fourth-order valence-electron chi connectivity index (χ4n) is 1.84. The molecule has 4 heteroatoms. The average Bonchev–Trinajstić information content (AvgIpc) is 2.48. The quantitative estimate of drug-likeness (QED) is 0.911. The zero-order chi connectivity index (χ0) is 13.3. The summed E-state index contributed by atoms with van der Waals surface area (Å²) >= 11 is 3.56. The summed E-state index contributed by atoms with van der Waals surface area (Å²) in [6.07, 6.45) is 0. The van der Waals surface area contributed by atoms with E-state index in [1.165, 1.54) is 5.56 Å². The fraction of sp³-hybridized carbons (Fsp3) is 0.571. The zero-order valence-corrected chi connectivity index (χ0v) is 12.7. The van der Waals surface area contributed by atoms with Crippen molar-refractivity contribution in [2.75, 3.05) is 19.8 Å². The fourth-order valence-corrected chi connectivity index (χ4v) is 2.41. The first-order valence-corrected chi connectivity index (χ1v) is 7.01. The van der Waals surface area contributed by atoms with Crippen molar-refractivity contribution in [2.45, 2.75) is 26.7 Å². The molecule has 0 bridgehead atoms. The van der Waals surface area contributed by atoms with Crippen LogP contribution in [0.25, 0.3) is 0 Å². The molecular weight excluding hydrogens is 294 g/mol. The number of rotatable bonds is 2. The smallest absolute Gasteiger partial charge is 0.175 e. The Bertz CT molecular complexity index is 446. The van der Waals surface area contributed by atoms with Crippen molar-refractivity contribution in [1.82, 2.24) is 0 Å². The largest absolute Gasteiger partial charge is 0.489 e. The summed E-state index contributed by atoms with van der Waals surface area (Å²) in [4.78, 5) is 0. The van der Waals surface area contributed by atoms with Gasteiger partial charge in [-0.2, -0.15) is 0 Å². The standard InChI is InChI=1S/C14H20BrNO2/c1-9(6-16)10-4-11(15)13-12(5-10)17-7-14(2,3)8-18-13/h4-5,9H,6-8,16H2,1-3H3. The average molecular weight is 314 g/mol. The molecule has 1 heterocycles. The third-order valence-electron chi connectivity index (χ3n) is 3.18. The second-order valence-electron chi connectivity index (χ2n) is 5.71. The number of hydrogen-bond acceptors (Lipinski definition) is 3. The van der Waals surface area contributed by atoms with Crippen molar-refractivity contribution in [1.29, 1.82) is 0 Å². The van der Waals surface area contributed by atoms with Crippen LogP contribution in [0.3, 0.4) is 0 Å². The number of nitrogens with two attached hydrogens (primary N) is 1. The Labute approximate surface area is 117 Å². The molecule has 0 radical (unpaired) electrons. The molecule has 0 spiro atoms. The van der Waals surface area contributed by atoms with E-state index in [2.05, 4.69) is 42.8 Å². The Kier molecular flexibility index (Phi) is 3.87. The summed E-state index contributed by atoms with van der Waals surface area (Å²) in [6, 6.07) is 4.11. The van der Waals surface area contributed by atoms with Crippen LogP contribution in [0.4, 0.5) is 0 Å². The summed E-state index contributed by atoms with van der Waals surface area (Å²) < 4.78 is 12.7. The Morgan fingerprint density at radius 1 is 1.33 bits per heavy atom. The number of halogens is 1. The minimum Gasteiger partial charge on any atom is -0.489 e. The van der Waals surface area contributed by atoms with Gasteiger partial charge in [-0.3, -0.25) is 0 Å². The number of ether oxygens (including phenoxy) is 2. The van der Waals surface area contributed by atoms with Crippen LogP contribution in [0.1, 0.15) is 32.3 Å². The monoisotopic (exact) mass is 313 g/mol. The maximum Gasteiger partial charge on any atom is 0.175 e. The van der Waals surface area contributed by atoms with Gasteiger partial charge < -0.3 is 15.2 Å². The molecule has 18 heavy (non-hydrogen) atoms. The molecule has 100 valence electrons. The molecule has 0 aliphatic carbocycles. The van der Waals surface area contributed by atoms with Gasteiger partial charge >= 0.3 is 0 Å². The van der Waals surface area contributed by atoms with Crippen molar-refractivity contribution in [3.63, 3.8) is 0 Å². The highest BCUT2D eigenvalue weighted by Gasteiger charge is 2.27. The van der Waals surface area contributed by atoms with Crippen molar-refractivity contribution < 1.29 is 9.47 Å². The predicted molar refractivity (Wildman–Crippen MR) is 76.4 cm³/mol. The predicted octanol–water partition coefficient (Wildman–Crippen LogP) is 3.31. The van der Waals surface area contributed by atoms with Crippen molar-refractivity contribution >= 4 is 15.9 Å². The van der Waals surface area contributed by atoms with E-state index >= 15 is 0 Å². The molecule has 0 saturated carbocycles. The molecule has 0 fully saturated rings. The highest BCUT2D eigenvalue weighted by atomic mass is 79.9. The molecule has 1 unspecified atom stereocenters. The molecule has 1 aromatic carbocycles. The maximum atomic E-state index is 5.88. The summed E-state index contributed by atoms with van der Waals surface area (Å²) in [5.41, 5.74) is 6.92. The molecular formula is C14H20BrNO2. The normalized spacial score (nSPS) is 19.2. The molecule has 2 N–H and O–H groups in total. The van der Waals surface area contributed by atoms with E-state index in [0.29, 0.717) is 25.7 Å². The summed E-state index contributed by atoms with van der Waals surface area (Å²) in [5.74, 6) is 1.92. The van der Waals surface area contributed by atoms with Crippen LogP contribution in [0.2, 0.25) is 0 Å². The van der Waals surface area contributed by atoms with Gasteiger partial charge in [-0.05, 0) is 46.1 Å². The van der Waals surface area contributed by atoms with E-state index in [4.69, 9.17) is 15.2 Å². The van der Waals surface area contributed by atoms with Gasteiger partial charge in [-0.15, -0.1) is 0 Å². The molecule has 0 saturated heterocycles. The second kappa shape index (κ2) is 5.10. The van der Waals surface area contributed by atoms with Crippen LogP contribution >= 0.6 is 15.9 Å². The summed E-state index contributed by atoms with van der Waals surface area (Å²) in [5, 5.41) is 0. The molecule has 1 aliphatic rings. The number of fused-ring (bicyclic) bond motifs is 1. The van der Waals surface area contributed by atoms with Crippen LogP contribution in [-0.2, 0) is 0 Å². The van der Waals surface area contributed by atoms with E-state index < -0.39 is 0 Å². The number of benzene rings is 1. The molecule has 1 atom stereocenters. The van der Waals surface area contributed by atoms with Gasteiger partial charge in [-0.1, -0.05) is 20.8 Å². The highest BCUT2D eigenvalue weighted by molar-refractivity contribution is 9.10. The molecule has 3 nitrogen and oxygen atoms in total. The summed E-state index contributed by atoms with van der Waals surface area (Å²) in [7, 11) is 0. The van der Waals surface area contributed by atoms with Gasteiger partial charge in [0.1, 0.15) is 0 Å². The summed E-state index contributed by atoms with van der Waals surface area (Å²) in [6.45, 7) is 8.32. The van der Waals surface area contributed by atoms with Crippen LogP contribution in [0.15, 0.2) is 16.6 Å². The van der Waals surface area contributed by atoms with E-state index in [1.807, 2.05) is 6.07 Å². The zero-order valence-electron chi connectivity index (χ0n) is 11.1. The molecule has 0 amide bonds. The van der Waals surface area contributed by atoms with Crippen LogP contribution < -0.4 is 15.2 Å². The van der Waals surface area contributed by atoms with Crippen LogP contribution in [0, 0.1) is 5.41 Å². The Balaban J connectivity index is 2.37. The van der Waals surface area contributed by atoms with E-state index in [-0.39, 0.29) is 5.41 Å². The third-order valence-corrected chi connectivity index (χ3v) is 3.77. The molecule has 1 aliphatic heterocycles. The van der Waals surface area contributed by atoms with Gasteiger partial charge in [0.25, 0.3) is 0 Å². The van der Waals surface area contributed by atoms with E-state index in [0.717, 1.165) is 16.0 Å². The van der Waals surface area contributed by atoms with E-state index in [9.17, 15) is 0 Å². The van der Waals surface area contributed by atoms with Crippen molar-refractivity contribution in [3.05, 3.63) is 22.2 Å². The first-order valence-electron chi connectivity index (χ1n) is 6.22. The van der Waals surface area contributed by atoms with E-state index in [1.54, 1.807) is 0 Å². The van der Waals surface area contributed by atoms with Crippen LogP contribution in [0.5, 0.6) is 11.5 Å². The maximum absolute atomic E-state index is 5.88. The molecule has 1 aromatic rings.